The molecular formula is C56H37N3. The molecule has 2 aromatic heterocycles. The van der Waals surface area contributed by atoms with E-state index in [-0.39, 0.29) is 0 Å². The van der Waals surface area contributed by atoms with Crippen molar-refractivity contribution in [3.8, 4) is 28.1 Å². The minimum atomic E-state index is 0.295. The second-order valence-electron chi connectivity index (χ2n) is 15.7. The molecule has 3 nitrogen and oxygen atoms in total. The quantitative estimate of drug-likeness (QED) is 0.164. The first-order valence-corrected chi connectivity index (χ1v) is 20.4. The number of hydrogen-bond acceptors (Lipinski definition) is 2. The molecule has 2 heterocycles. The number of hydrogen-bond donors (Lipinski definition) is 0. The molecule has 0 fully saturated rings. The summed E-state index contributed by atoms with van der Waals surface area (Å²) in [4.78, 5) is 10.3. The Bertz CT molecular complexity index is 3500. The van der Waals surface area contributed by atoms with Crippen molar-refractivity contribution < 1.29 is 0 Å². The zero-order chi connectivity index (χ0) is 38.9. The summed E-state index contributed by atoms with van der Waals surface area (Å²) in [5.41, 5.74) is 13.7. The minimum Gasteiger partial charge on any atom is -0.309 e. The van der Waals surface area contributed by atoms with Crippen LogP contribution in [0.4, 0.5) is 0 Å². The van der Waals surface area contributed by atoms with Gasteiger partial charge in [-0.1, -0.05) is 164 Å². The molecule has 0 aliphatic heterocycles. The van der Waals surface area contributed by atoms with Gasteiger partial charge >= 0.3 is 0 Å². The molecule has 0 N–H and O–H groups in total. The molecule has 0 amide bonds. The predicted molar refractivity (Wildman–Crippen MR) is 248 cm³/mol. The van der Waals surface area contributed by atoms with Crippen molar-refractivity contribution in [3.63, 3.8) is 0 Å². The lowest BCUT2D eigenvalue weighted by Crippen LogP contribution is -2.01. The predicted octanol–water partition coefficient (Wildman–Crippen LogP) is 14.6. The van der Waals surface area contributed by atoms with Crippen molar-refractivity contribution in [1.82, 2.24) is 14.5 Å². The standard InChI is InChI=1S/C56H37N3/c1-2-12-42-33-45(29-27-36(42)11-1)59-53-22-8-7-19-48(53)51-34-43(28-30-54(51)59)41-15-9-13-39(31-41)37-23-25-38(26-24-37)40-14-10-16-44(32-40)52-35-57-55-49-20-5-3-17-46(49)47-18-4-6-21-50(47)56(55)58-52/h1-30,32-35,39H,31H2. The van der Waals surface area contributed by atoms with Crippen LogP contribution in [0.5, 0.6) is 0 Å². The molecule has 1 aliphatic carbocycles. The Morgan fingerprint density at radius 1 is 0.458 bits per heavy atom. The molecule has 11 aromatic rings. The van der Waals surface area contributed by atoms with Gasteiger partial charge in [-0.3, -0.25) is 4.98 Å². The molecule has 1 unspecified atom stereocenters. The maximum Gasteiger partial charge on any atom is 0.0979 e. The molecule has 0 radical (unpaired) electrons. The van der Waals surface area contributed by atoms with Gasteiger partial charge in [0.25, 0.3) is 0 Å². The van der Waals surface area contributed by atoms with Crippen LogP contribution in [0.15, 0.2) is 206 Å². The molecule has 276 valence electrons. The van der Waals surface area contributed by atoms with Crippen LogP contribution in [0.1, 0.15) is 23.5 Å². The van der Waals surface area contributed by atoms with E-state index < -0.39 is 0 Å². The highest BCUT2D eigenvalue weighted by molar-refractivity contribution is 6.23. The Morgan fingerprint density at radius 3 is 1.97 bits per heavy atom. The molecule has 1 atom stereocenters. The first-order valence-electron chi connectivity index (χ1n) is 20.4. The molecular weight excluding hydrogens is 715 g/mol. The van der Waals surface area contributed by atoms with Gasteiger partial charge in [-0.2, -0.15) is 0 Å². The smallest absolute Gasteiger partial charge is 0.0979 e. The Morgan fingerprint density at radius 2 is 1.14 bits per heavy atom. The SMILES string of the molecule is C1=CC(c2ccc(-c3cccc(-c4cnc5c6ccccc6c6ccccc6c5n4)c3)cc2)CC(c2ccc3c(c2)c2ccccc2n3-c2ccc3ccccc3c2)=C1. The lowest BCUT2D eigenvalue weighted by Gasteiger charge is -2.20. The van der Waals surface area contributed by atoms with E-state index in [0.29, 0.717) is 5.92 Å². The molecule has 12 rings (SSSR count). The van der Waals surface area contributed by atoms with Gasteiger partial charge in [0.15, 0.2) is 0 Å². The van der Waals surface area contributed by atoms with Gasteiger partial charge in [0, 0.05) is 38.7 Å². The minimum absolute atomic E-state index is 0.295. The molecule has 0 saturated heterocycles. The van der Waals surface area contributed by atoms with E-state index in [0.717, 1.165) is 45.0 Å². The van der Waals surface area contributed by atoms with Gasteiger partial charge in [0.1, 0.15) is 0 Å². The molecule has 1 aliphatic rings. The third-order valence-corrected chi connectivity index (χ3v) is 12.4. The Balaban J connectivity index is 0.831. The van der Waals surface area contributed by atoms with E-state index in [1.54, 1.807) is 0 Å². The number of fused-ring (bicyclic) bond motifs is 10. The molecule has 3 heteroatoms. The largest absolute Gasteiger partial charge is 0.309 e. The molecule has 59 heavy (non-hydrogen) atoms. The zero-order valence-corrected chi connectivity index (χ0v) is 32.3. The first-order chi connectivity index (χ1) is 29.2. The first kappa shape index (κ1) is 33.5. The zero-order valence-electron chi connectivity index (χ0n) is 32.3. The highest BCUT2D eigenvalue weighted by Gasteiger charge is 2.19. The van der Waals surface area contributed by atoms with Crippen LogP contribution in [-0.4, -0.2) is 14.5 Å². The number of rotatable bonds is 5. The summed E-state index contributed by atoms with van der Waals surface area (Å²) in [5, 5.41) is 9.72. The topological polar surface area (TPSA) is 30.7 Å². The van der Waals surface area contributed by atoms with Gasteiger partial charge in [0.2, 0.25) is 0 Å². The highest BCUT2D eigenvalue weighted by Crippen LogP contribution is 2.40. The molecule has 0 bridgehead atoms. The van der Waals surface area contributed by atoms with Gasteiger partial charge in [0.05, 0.1) is 34.0 Å². The summed E-state index contributed by atoms with van der Waals surface area (Å²) in [6.07, 6.45) is 9.74. The second kappa shape index (κ2) is 13.5. The third-order valence-electron chi connectivity index (χ3n) is 12.4. The van der Waals surface area contributed by atoms with E-state index in [1.807, 2.05) is 6.20 Å². The van der Waals surface area contributed by atoms with E-state index >= 15 is 0 Å². The van der Waals surface area contributed by atoms with Gasteiger partial charge in [-0.05, 0) is 92.2 Å². The summed E-state index contributed by atoms with van der Waals surface area (Å²) in [6.45, 7) is 0. The van der Waals surface area contributed by atoms with Crippen LogP contribution in [-0.2, 0) is 0 Å². The van der Waals surface area contributed by atoms with Crippen LogP contribution < -0.4 is 0 Å². The lowest BCUT2D eigenvalue weighted by atomic mass is 9.85. The Kier molecular flexibility index (Phi) is 7.67. The van der Waals surface area contributed by atoms with Crippen LogP contribution in [0.2, 0.25) is 0 Å². The number of nitrogens with zero attached hydrogens (tertiary/aromatic N) is 3. The van der Waals surface area contributed by atoms with E-state index in [4.69, 9.17) is 9.97 Å². The summed E-state index contributed by atoms with van der Waals surface area (Å²) in [7, 11) is 0. The molecule has 0 spiro atoms. The van der Waals surface area contributed by atoms with Crippen LogP contribution in [0.25, 0.3) is 98.8 Å². The number of para-hydroxylation sites is 1. The van der Waals surface area contributed by atoms with Crippen LogP contribution in [0.3, 0.4) is 0 Å². The van der Waals surface area contributed by atoms with E-state index in [9.17, 15) is 0 Å². The fourth-order valence-corrected chi connectivity index (χ4v) is 9.43. The number of benzene rings is 9. The summed E-state index contributed by atoms with van der Waals surface area (Å²) < 4.78 is 2.41. The van der Waals surface area contributed by atoms with Gasteiger partial charge < -0.3 is 4.57 Å². The molecule has 9 aromatic carbocycles. The Hall–Kier alpha value is -7.62. The van der Waals surface area contributed by atoms with Gasteiger partial charge in [-0.25, -0.2) is 4.98 Å². The Labute approximate surface area is 341 Å². The van der Waals surface area contributed by atoms with Crippen LogP contribution in [0, 0.1) is 0 Å². The summed E-state index contributed by atoms with van der Waals surface area (Å²) >= 11 is 0. The van der Waals surface area contributed by atoms with E-state index in [2.05, 4.69) is 205 Å². The normalized spacial score (nSPS) is 14.2. The van der Waals surface area contributed by atoms with Crippen molar-refractivity contribution in [3.05, 3.63) is 218 Å². The van der Waals surface area contributed by atoms with Crippen molar-refractivity contribution in [2.75, 3.05) is 0 Å². The molecule has 0 saturated carbocycles. The van der Waals surface area contributed by atoms with Gasteiger partial charge in [-0.15, -0.1) is 0 Å². The van der Waals surface area contributed by atoms with Crippen molar-refractivity contribution in [1.29, 1.82) is 0 Å². The average Bonchev–Trinajstić information content (AvgIpc) is 3.65. The average molecular weight is 752 g/mol. The maximum atomic E-state index is 5.25. The lowest BCUT2D eigenvalue weighted by molar-refractivity contribution is 0.868. The number of aromatic nitrogens is 3. The van der Waals surface area contributed by atoms with Crippen molar-refractivity contribution in [2.24, 2.45) is 0 Å². The third kappa shape index (κ3) is 5.58. The monoisotopic (exact) mass is 751 g/mol. The maximum absolute atomic E-state index is 5.25. The summed E-state index contributed by atoms with van der Waals surface area (Å²) in [5.74, 6) is 0.295. The van der Waals surface area contributed by atoms with Crippen LogP contribution >= 0.6 is 0 Å². The van der Waals surface area contributed by atoms with Crippen molar-refractivity contribution in [2.45, 2.75) is 12.3 Å². The fourth-order valence-electron chi connectivity index (χ4n) is 9.43. The highest BCUT2D eigenvalue weighted by atomic mass is 15.0. The van der Waals surface area contributed by atoms with Crippen molar-refractivity contribution >= 4 is 70.7 Å². The fraction of sp³-hybridized carbons (Fsp3) is 0.0357. The summed E-state index contributed by atoms with van der Waals surface area (Å²) in [6, 6.07) is 66.0. The number of allylic oxidation sites excluding steroid dienone is 4. The second-order valence-corrected chi connectivity index (χ2v) is 15.7. The van der Waals surface area contributed by atoms with E-state index in [1.165, 1.54) is 71.3 Å².